The smallest absolute Gasteiger partial charge is 0.254 e. The van der Waals surface area contributed by atoms with Crippen molar-refractivity contribution in [1.82, 2.24) is 10.3 Å². The molecule has 1 aromatic heterocycles. The lowest BCUT2D eigenvalue weighted by Crippen LogP contribution is -2.24. The number of fused-ring (bicyclic) bond motifs is 1. The maximum atomic E-state index is 12.8. The van der Waals surface area contributed by atoms with E-state index in [0.29, 0.717) is 40.9 Å². The zero-order chi connectivity index (χ0) is 23.0. The van der Waals surface area contributed by atoms with Gasteiger partial charge in [0, 0.05) is 24.5 Å². The highest BCUT2D eigenvalue weighted by atomic mass is 32.2. The van der Waals surface area contributed by atoms with Crippen LogP contribution in [0.2, 0.25) is 0 Å². The second-order valence-electron chi connectivity index (χ2n) is 7.02. The molecule has 0 saturated carbocycles. The van der Waals surface area contributed by atoms with Gasteiger partial charge in [0.2, 0.25) is 12.7 Å². The van der Waals surface area contributed by atoms with Crippen LogP contribution in [0.4, 0.5) is 5.69 Å². The van der Waals surface area contributed by atoms with Crippen molar-refractivity contribution in [2.24, 2.45) is 0 Å². The van der Waals surface area contributed by atoms with Crippen LogP contribution < -0.4 is 24.8 Å². The highest BCUT2D eigenvalue weighted by Crippen LogP contribution is 2.34. The molecule has 0 bridgehead atoms. The van der Waals surface area contributed by atoms with Gasteiger partial charge in [0.05, 0.1) is 17.9 Å². The average Bonchev–Trinajstić information content (AvgIpc) is 3.30. The van der Waals surface area contributed by atoms with Crippen molar-refractivity contribution in [2.45, 2.75) is 18.5 Å². The van der Waals surface area contributed by atoms with E-state index in [1.807, 2.05) is 31.2 Å². The lowest BCUT2D eigenvalue weighted by Gasteiger charge is -2.10. The van der Waals surface area contributed by atoms with Gasteiger partial charge in [-0.25, -0.2) is 4.98 Å². The van der Waals surface area contributed by atoms with Gasteiger partial charge in [-0.1, -0.05) is 23.9 Å². The van der Waals surface area contributed by atoms with Gasteiger partial charge in [0.1, 0.15) is 10.8 Å². The summed E-state index contributed by atoms with van der Waals surface area (Å²) in [7, 11) is 0. The minimum atomic E-state index is -0.261. The first-order valence-electron chi connectivity index (χ1n) is 10.4. The molecule has 170 valence electrons. The van der Waals surface area contributed by atoms with Gasteiger partial charge in [-0.15, -0.1) is 0 Å². The number of hydrogen-bond donors (Lipinski definition) is 2. The number of pyridine rings is 1. The summed E-state index contributed by atoms with van der Waals surface area (Å²) >= 11 is 1.20. The Hall–Kier alpha value is -3.72. The Morgan fingerprint density at radius 3 is 2.85 bits per heavy atom. The first-order chi connectivity index (χ1) is 16.1. The Balaban J connectivity index is 1.33. The number of benzene rings is 2. The second-order valence-corrected chi connectivity index (χ2v) is 7.99. The van der Waals surface area contributed by atoms with Crippen molar-refractivity contribution >= 4 is 29.3 Å². The molecule has 0 aliphatic carbocycles. The minimum Gasteiger partial charge on any atom is -0.494 e. The molecule has 0 fully saturated rings. The molecule has 2 aromatic carbocycles. The molecular weight excluding hydrogens is 442 g/mol. The van der Waals surface area contributed by atoms with Crippen molar-refractivity contribution < 1.29 is 23.8 Å². The molecule has 0 radical (unpaired) electrons. The van der Waals surface area contributed by atoms with Crippen molar-refractivity contribution in [2.75, 3.05) is 24.5 Å². The normalized spacial score (nSPS) is 11.7. The fraction of sp³-hybridized carbons (Fsp3) is 0.208. The van der Waals surface area contributed by atoms with E-state index in [9.17, 15) is 9.59 Å². The number of hydrogen-bond acceptors (Lipinski definition) is 7. The van der Waals surface area contributed by atoms with Crippen LogP contribution in [0.5, 0.6) is 17.2 Å². The van der Waals surface area contributed by atoms with Crippen LogP contribution in [0.3, 0.4) is 0 Å². The van der Waals surface area contributed by atoms with Crippen LogP contribution in [-0.2, 0) is 11.3 Å². The van der Waals surface area contributed by atoms with Gasteiger partial charge in [-0.05, 0) is 48.9 Å². The molecule has 2 heterocycles. The van der Waals surface area contributed by atoms with Crippen molar-refractivity contribution in [1.29, 1.82) is 0 Å². The molecule has 33 heavy (non-hydrogen) atoms. The van der Waals surface area contributed by atoms with Crippen LogP contribution in [0.25, 0.3) is 0 Å². The van der Waals surface area contributed by atoms with E-state index in [-0.39, 0.29) is 24.4 Å². The van der Waals surface area contributed by atoms with Gasteiger partial charge >= 0.3 is 0 Å². The maximum Gasteiger partial charge on any atom is 0.254 e. The van der Waals surface area contributed by atoms with E-state index in [2.05, 4.69) is 15.6 Å². The molecule has 9 heteroatoms. The number of amides is 2. The fourth-order valence-corrected chi connectivity index (χ4v) is 3.97. The summed E-state index contributed by atoms with van der Waals surface area (Å²) in [4.78, 5) is 29.5. The zero-order valence-corrected chi connectivity index (χ0v) is 18.8. The molecule has 0 saturated heterocycles. The molecular formula is C24H23N3O5S. The van der Waals surface area contributed by atoms with Crippen LogP contribution in [0.1, 0.15) is 22.8 Å². The Morgan fingerprint density at radius 2 is 1.97 bits per heavy atom. The largest absolute Gasteiger partial charge is 0.494 e. The molecule has 0 spiro atoms. The summed E-state index contributed by atoms with van der Waals surface area (Å²) in [6.07, 6.45) is 1.60. The van der Waals surface area contributed by atoms with E-state index in [0.717, 1.165) is 11.3 Å². The first-order valence-corrected chi connectivity index (χ1v) is 11.4. The number of aromatic nitrogens is 1. The number of anilines is 1. The third kappa shape index (κ3) is 5.95. The Morgan fingerprint density at radius 1 is 1.09 bits per heavy atom. The van der Waals surface area contributed by atoms with Crippen molar-refractivity contribution in [3.05, 3.63) is 71.9 Å². The predicted molar refractivity (Wildman–Crippen MR) is 125 cm³/mol. The second kappa shape index (κ2) is 10.7. The Kier molecular flexibility index (Phi) is 7.31. The van der Waals surface area contributed by atoms with Crippen LogP contribution in [-0.4, -0.2) is 36.0 Å². The number of carbonyl (C=O) groups excluding carboxylic acids is 2. The Labute approximate surface area is 195 Å². The monoisotopic (exact) mass is 465 g/mol. The van der Waals surface area contributed by atoms with Crippen LogP contribution in [0.15, 0.2) is 65.8 Å². The number of nitrogens with one attached hydrogen (secondary N) is 2. The molecule has 4 rings (SSSR count). The molecule has 1 aliphatic rings. The number of thioether (sulfide) groups is 1. The summed E-state index contributed by atoms with van der Waals surface area (Å²) < 4.78 is 16.1. The average molecular weight is 466 g/mol. The topological polar surface area (TPSA) is 98.8 Å². The highest BCUT2D eigenvalue weighted by molar-refractivity contribution is 8.00. The molecule has 2 N–H and O–H groups in total. The minimum absolute atomic E-state index is 0.0993. The summed E-state index contributed by atoms with van der Waals surface area (Å²) in [6, 6.07) is 16.2. The van der Waals surface area contributed by atoms with E-state index < -0.39 is 0 Å². The number of rotatable bonds is 9. The van der Waals surface area contributed by atoms with Gasteiger partial charge in [0.15, 0.2) is 11.5 Å². The summed E-state index contributed by atoms with van der Waals surface area (Å²) in [6.45, 7) is 3.02. The highest BCUT2D eigenvalue weighted by Gasteiger charge is 2.16. The first kappa shape index (κ1) is 22.5. The Bertz CT molecular complexity index is 1150. The summed E-state index contributed by atoms with van der Waals surface area (Å²) in [5.41, 5.74) is 1.95. The van der Waals surface area contributed by atoms with Gasteiger partial charge in [0.25, 0.3) is 5.91 Å². The molecule has 0 atom stereocenters. The maximum absolute atomic E-state index is 12.8. The number of carbonyl (C=O) groups is 2. The van der Waals surface area contributed by atoms with E-state index in [1.165, 1.54) is 11.8 Å². The molecule has 0 unspecified atom stereocenters. The van der Waals surface area contributed by atoms with Gasteiger partial charge < -0.3 is 24.8 Å². The van der Waals surface area contributed by atoms with E-state index in [4.69, 9.17) is 14.2 Å². The molecule has 8 nitrogen and oxygen atoms in total. The fourth-order valence-electron chi connectivity index (χ4n) is 3.17. The van der Waals surface area contributed by atoms with E-state index >= 15 is 0 Å². The predicted octanol–water partition coefficient (Wildman–Crippen LogP) is 3.87. The quantitative estimate of drug-likeness (QED) is 0.463. The van der Waals surface area contributed by atoms with E-state index in [1.54, 1.807) is 36.5 Å². The third-order valence-corrected chi connectivity index (χ3v) is 5.68. The summed E-state index contributed by atoms with van der Waals surface area (Å²) in [5.74, 6) is 1.62. The number of nitrogens with zero attached hydrogens (tertiary/aromatic N) is 1. The van der Waals surface area contributed by atoms with Gasteiger partial charge in [-0.3, -0.25) is 9.59 Å². The lowest BCUT2D eigenvalue weighted by molar-refractivity contribution is -0.113. The van der Waals surface area contributed by atoms with Crippen molar-refractivity contribution in [3.63, 3.8) is 0 Å². The molecule has 2 amide bonds. The van der Waals surface area contributed by atoms with Crippen molar-refractivity contribution in [3.8, 4) is 17.2 Å². The summed E-state index contributed by atoms with van der Waals surface area (Å²) in [5, 5.41) is 6.20. The standard InChI is InChI=1S/C24H23N3O5S/c1-2-30-18-6-3-5-16(11-18)13-26-23(29)19-7-4-10-25-24(19)33-14-22(28)27-17-8-9-20-21(12-17)32-15-31-20/h3-12H,2,13-15H2,1H3,(H,26,29)(H,27,28). The van der Waals surface area contributed by atoms with Gasteiger partial charge in [-0.2, -0.15) is 0 Å². The SMILES string of the molecule is CCOc1cccc(CNC(=O)c2cccnc2SCC(=O)Nc2ccc3c(c2)OCO3)c1. The zero-order valence-electron chi connectivity index (χ0n) is 18.0. The number of ether oxygens (including phenoxy) is 3. The lowest BCUT2D eigenvalue weighted by atomic mass is 10.2. The third-order valence-electron chi connectivity index (χ3n) is 4.67. The van der Waals surface area contributed by atoms with Crippen LogP contribution >= 0.6 is 11.8 Å². The van der Waals surface area contributed by atoms with Crippen LogP contribution in [0, 0.1) is 0 Å². The molecule has 1 aliphatic heterocycles. The molecule has 3 aromatic rings.